The topological polar surface area (TPSA) is 110 Å². The molecule has 5 N–H and O–H groups in total. The van der Waals surface area contributed by atoms with Gasteiger partial charge in [0.2, 0.25) is 0 Å². The van der Waals surface area contributed by atoms with E-state index in [1.807, 2.05) is 0 Å². The van der Waals surface area contributed by atoms with Crippen LogP contribution in [0.4, 0.5) is 0 Å². The van der Waals surface area contributed by atoms with Crippen LogP contribution in [0.15, 0.2) is 0 Å². The van der Waals surface area contributed by atoms with Gasteiger partial charge in [0.25, 0.3) is 0 Å². The molecule has 6 nitrogen and oxygen atoms in total. The Hall–Kier alpha value is 9.76. The third-order valence-electron chi connectivity index (χ3n) is 1.87. The van der Waals surface area contributed by atoms with Crippen molar-refractivity contribution in [1.29, 1.82) is 0 Å². The maximum absolute atomic E-state index is 9.12. The van der Waals surface area contributed by atoms with Crippen molar-refractivity contribution in [2.45, 2.75) is 30.7 Å². The smallest absolute Gasteiger partial charge is 1.00 e. The molecule has 1 heterocycles. The first kappa shape index (κ1) is 63.5. The van der Waals surface area contributed by atoms with E-state index >= 15 is 0 Å². The van der Waals surface area contributed by atoms with E-state index in [2.05, 4.69) is 4.74 Å². The Morgan fingerprint density at radius 2 is 0.909 bits per heavy atom. The second kappa shape index (κ2) is 38.0. The molecule has 1 aliphatic heterocycles. The Morgan fingerprint density at radius 3 is 1.18 bits per heavy atom. The zero-order chi connectivity index (χ0) is 9.30. The Balaban J connectivity index is -0.00000000400. The van der Waals surface area contributed by atoms with Gasteiger partial charge in [-0.1, -0.05) is 0 Å². The minimum atomic E-state index is -1.57. The van der Waals surface area contributed by atoms with Crippen molar-refractivity contribution in [2.24, 2.45) is 0 Å². The second-order valence-corrected chi connectivity index (χ2v) is 2.72. The Kier molecular flexibility index (Phi) is 110. The van der Waals surface area contributed by atoms with E-state index in [1.54, 1.807) is 0 Å². The van der Waals surface area contributed by atoms with Crippen molar-refractivity contribution in [3.63, 3.8) is 0 Å². The molecule has 16 heteroatoms. The molecule has 0 amide bonds. The molecule has 22 heavy (non-hydrogen) atoms. The summed E-state index contributed by atoms with van der Waals surface area (Å²) in [6, 6.07) is 0. The van der Waals surface area contributed by atoms with Gasteiger partial charge in [-0.3, -0.25) is 0 Å². The molecule has 5 atom stereocenters. The molecule has 0 aromatic heterocycles. The van der Waals surface area contributed by atoms with Crippen molar-refractivity contribution in [3.05, 3.63) is 0 Å². The molecule has 0 radical (unpaired) electrons. The van der Waals surface area contributed by atoms with E-state index in [0.29, 0.717) is 0 Å². The first-order chi connectivity index (χ1) is 5.57. The zero-order valence-electron chi connectivity index (χ0n) is 26.2. The summed E-state index contributed by atoms with van der Waals surface area (Å²) in [6.07, 6.45) is -7.04. The van der Waals surface area contributed by atoms with Crippen LogP contribution in [-0.4, -0.2) is 62.8 Å². The summed E-state index contributed by atoms with van der Waals surface area (Å²) in [5, 5.41) is 44.7. The molecule has 0 bridgehead atoms. The summed E-state index contributed by atoms with van der Waals surface area (Å²) in [4.78, 5) is 0. The monoisotopic (exact) mass is 420 g/mol. The number of aliphatic hydroxyl groups is 5. The van der Waals surface area contributed by atoms with Crippen molar-refractivity contribution in [1.82, 2.24) is 0 Å². The van der Waals surface area contributed by atoms with Gasteiger partial charge in [-0.2, -0.15) is 0 Å². The number of ether oxygens (including phenoxy) is 1. The van der Waals surface area contributed by atoms with Crippen LogP contribution in [0, 0.1) is 0 Å². The molecule has 1 fully saturated rings. The SMILES string of the molecule is OC[C@H]1O[C@H](O)[C@H](O)[C@@H](O)[C@@H]1O.[H-].[H-].[H-].[H-].[H-].[H-].[H-].[H-].[H-].[H-].[Na+].[Na+].[Na+].[Na+].[Na+].[Na+].[Na+].[Na+].[Na+].[Na+]. The predicted molar refractivity (Wildman–Crippen MR) is 47.1 cm³/mol. The fourth-order valence-corrected chi connectivity index (χ4v) is 1.08. The van der Waals surface area contributed by atoms with Crippen LogP contribution in [0.2, 0.25) is 0 Å². The maximum atomic E-state index is 9.12. The number of hydrogen-bond acceptors (Lipinski definition) is 6. The van der Waals surface area contributed by atoms with E-state index in [9.17, 15) is 0 Å². The summed E-state index contributed by atoms with van der Waals surface area (Å²) >= 11 is 0. The van der Waals surface area contributed by atoms with Crippen LogP contribution in [-0.2, 0) is 4.74 Å². The Bertz CT molecular complexity index is 197. The van der Waals surface area contributed by atoms with Crippen molar-refractivity contribution >= 4 is 0 Å². The van der Waals surface area contributed by atoms with Crippen LogP contribution in [0.3, 0.4) is 0 Å². The number of aliphatic hydroxyl groups excluding tert-OH is 5. The van der Waals surface area contributed by atoms with Crippen LogP contribution in [0.5, 0.6) is 0 Å². The van der Waals surface area contributed by atoms with E-state index in [1.165, 1.54) is 0 Å². The van der Waals surface area contributed by atoms with Crippen LogP contribution >= 0.6 is 0 Å². The Morgan fingerprint density at radius 1 is 0.591 bits per heavy atom. The fraction of sp³-hybridized carbons (Fsp3) is 1.00. The molecular weight excluding hydrogens is 398 g/mol. The minimum absolute atomic E-state index is 0. The van der Waals surface area contributed by atoms with Crippen molar-refractivity contribution in [3.8, 4) is 0 Å². The van der Waals surface area contributed by atoms with Gasteiger partial charge >= 0.3 is 296 Å². The first-order valence-electron chi connectivity index (χ1n) is 3.56. The molecule has 0 aromatic rings. The average molecular weight is 420 g/mol. The summed E-state index contributed by atoms with van der Waals surface area (Å²) in [6.45, 7) is -0.526. The first-order valence-corrected chi connectivity index (χ1v) is 3.56. The molecule has 92 valence electrons. The zero-order valence-corrected chi connectivity index (χ0v) is 36.2. The quantitative estimate of drug-likeness (QED) is 0.270. The molecule has 0 unspecified atom stereocenters. The van der Waals surface area contributed by atoms with Gasteiger partial charge in [0, 0.05) is 0 Å². The number of hydrogen-bond donors (Lipinski definition) is 5. The van der Waals surface area contributed by atoms with E-state index in [0.717, 1.165) is 0 Å². The van der Waals surface area contributed by atoms with Crippen LogP contribution < -0.4 is 296 Å². The van der Waals surface area contributed by atoms with Gasteiger partial charge in [0.15, 0.2) is 6.29 Å². The normalized spacial score (nSPS) is 26.9. The van der Waals surface area contributed by atoms with Crippen molar-refractivity contribution in [2.75, 3.05) is 6.61 Å². The molecule has 0 aromatic carbocycles. The maximum Gasteiger partial charge on any atom is 1.00 e. The van der Waals surface area contributed by atoms with Crippen LogP contribution in [0.1, 0.15) is 14.3 Å². The minimum Gasteiger partial charge on any atom is -1.00 e. The largest absolute Gasteiger partial charge is 1.00 e. The van der Waals surface area contributed by atoms with Gasteiger partial charge in [0.05, 0.1) is 6.61 Å². The van der Waals surface area contributed by atoms with Gasteiger partial charge in [0.1, 0.15) is 24.4 Å². The van der Waals surface area contributed by atoms with Crippen LogP contribution in [0.25, 0.3) is 0 Å². The standard InChI is InChI=1S/C6H12O6.10Na.10H/c7-1-2-3(8)4(9)5(10)6(11)12-2;;;;;;;;;;;;;;;;;;;;/h2-11H,1H2;;;;;;;;;;;;;;;;;;;;/q;10*+1;10*-1/t2-,3-,4+,5-,6+;;;;;;;;;;;;;;;;;;;;/m1..................../s1. The summed E-state index contributed by atoms with van der Waals surface area (Å²) in [7, 11) is 0. The fourth-order valence-electron chi connectivity index (χ4n) is 1.08. The van der Waals surface area contributed by atoms with Gasteiger partial charge in [-0.05, 0) is 0 Å². The molecule has 0 spiro atoms. The molecule has 1 rings (SSSR count). The second-order valence-electron chi connectivity index (χ2n) is 2.72. The molecule has 0 aliphatic carbocycles. The molecule has 1 saturated heterocycles. The van der Waals surface area contributed by atoms with E-state index in [4.69, 9.17) is 25.5 Å². The third-order valence-corrected chi connectivity index (χ3v) is 1.87. The van der Waals surface area contributed by atoms with E-state index in [-0.39, 0.29) is 310 Å². The average Bonchev–Trinajstić information content (AvgIpc) is 2.08. The van der Waals surface area contributed by atoms with Gasteiger partial charge in [-0.15, -0.1) is 0 Å². The van der Waals surface area contributed by atoms with Crippen molar-refractivity contribution < 1.29 is 340 Å². The summed E-state index contributed by atoms with van der Waals surface area (Å²) in [5.41, 5.74) is 0. The molecule has 0 saturated carbocycles. The van der Waals surface area contributed by atoms with E-state index < -0.39 is 37.3 Å². The summed E-state index contributed by atoms with van der Waals surface area (Å²) in [5.74, 6) is 0. The number of rotatable bonds is 1. The predicted octanol–water partition coefficient (Wildman–Crippen LogP) is -32.1. The summed E-state index contributed by atoms with van der Waals surface area (Å²) < 4.78 is 4.58. The van der Waals surface area contributed by atoms with Gasteiger partial charge < -0.3 is 44.5 Å². The van der Waals surface area contributed by atoms with Gasteiger partial charge in [-0.25, -0.2) is 0 Å². The molecule has 1 aliphatic rings. The molecular formula is C6H22Na10O6. The Labute approximate surface area is 368 Å². The third kappa shape index (κ3) is 24.4.